The second-order valence-corrected chi connectivity index (χ2v) is 7.78. The van der Waals surface area contributed by atoms with E-state index in [0.29, 0.717) is 16.5 Å². The summed E-state index contributed by atoms with van der Waals surface area (Å²) >= 11 is 7.79. The maximum atomic E-state index is 12.6. The third-order valence-corrected chi connectivity index (χ3v) is 5.92. The van der Waals surface area contributed by atoms with E-state index >= 15 is 0 Å². The standard InChI is InChI=1S/C20H18ClNO2S/c21-18-16-6-1-2-7-17(16)25-19(18)20(23)22-15-5-3-4-14(10-15)12-24-11-13-8-9-13/h1-7,10,13H,8-9,11-12H2,(H,22,23). The van der Waals surface area contributed by atoms with Crippen LogP contribution in [0.2, 0.25) is 5.02 Å². The zero-order chi connectivity index (χ0) is 17.2. The van der Waals surface area contributed by atoms with Crippen molar-refractivity contribution in [2.75, 3.05) is 11.9 Å². The Balaban J connectivity index is 1.46. The molecule has 1 aromatic heterocycles. The molecule has 0 atom stereocenters. The normalized spacial score (nSPS) is 14.0. The van der Waals surface area contributed by atoms with Gasteiger partial charge in [0.05, 0.1) is 11.6 Å². The first-order chi connectivity index (χ1) is 12.2. The summed E-state index contributed by atoms with van der Waals surface area (Å²) in [5, 5.41) is 4.38. The van der Waals surface area contributed by atoms with Gasteiger partial charge in [0.15, 0.2) is 0 Å². The van der Waals surface area contributed by atoms with Crippen molar-refractivity contribution in [2.24, 2.45) is 5.92 Å². The largest absolute Gasteiger partial charge is 0.376 e. The van der Waals surface area contributed by atoms with E-state index in [0.717, 1.165) is 33.9 Å². The van der Waals surface area contributed by atoms with Crippen LogP contribution in [0.25, 0.3) is 10.1 Å². The molecule has 3 aromatic rings. The third-order valence-electron chi connectivity index (χ3n) is 4.25. The molecule has 0 saturated heterocycles. The molecule has 1 N–H and O–H groups in total. The highest BCUT2D eigenvalue weighted by Crippen LogP contribution is 2.35. The van der Waals surface area contributed by atoms with E-state index in [1.807, 2.05) is 48.5 Å². The molecule has 3 nitrogen and oxygen atoms in total. The monoisotopic (exact) mass is 371 g/mol. The summed E-state index contributed by atoms with van der Waals surface area (Å²) in [7, 11) is 0. The summed E-state index contributed by atoms with van der Waals surface area (Å²) in [5.74, 6) is 0.570. The predicted octanol–water partition coefficient (Wildman–Crippen LogP) is 5.73. The van der Waals surface area contributed by atoms with Gasteiger partial charge in [0.25, 0.3) is 5.91 Å². The number of rotatable bonds is 6. The molecule has 0 aliphatic heterocycles. The lowest BCUT2D eigenvalue weighted by molar-refractivity contribution is 0.103. The number of anilines is 1. The first kappa shape index (κ1) is 16.6. The van der Waals surface area contributed by atoms with E-state index in [1.165, 1.54) is 24.2 Å². The van der Waals surface area contributed by atoms with Crippen molar-refractivity contribution in [1.82, 2.24) is 0 Å². The van der Waals surface area contributed by atoms with Crippen molar-refractivity contribution in [2.45, 2.75) is 19.4 Å². The Bertz CT molecular complexity index is 917. The van der Waals surface area contributed by atoms with Crippen molar-refractivity contribution in [3.8, 4) is 0 Å². The molecule has 128 valence electrons. The van der Waals surface area contributed by atoms with Crippen LogP contribution in [0, 0.1) is 5.92 Å². The van der Waals surface area contributed by atoms with Gasteiger partial charge in [-0.1, -0.05) is 41.9 Å². The Labute approximate surface area is 155 Å². The number of hydrogen-bond acceptors (Lipinski definition) is 3. The number of amides is 1. The molecule has 2 aromatic carbocycles. The number of halogens is 1. The van der Waals surface area contributed by atoms with Crippen LogP contribution in [0.1, 0.15) is 28.1 Å². The first-order valence-corrected chi connectivity index (χ1v) is 9.55. The number of fused-ring (bicyclic) bond motifs is 1. The van der Waals surface area contributed by atoms with Crippen molar-refractivity contribution >= 4 is 44.6 Å². The van der Waals surface area contributed by atoms with Crippen LogP contribution < -0.4 is 5.32 Å². The minimum Gasteiger partial charge on any atom is -0.376 e. The maximum Gasteiger partial charge on any atom is 0.267 e. The van der Waals surface area contributed by atoms with Crippen LogP contribution in [0.15, 0.2) is 48.5 Å². The van der Waals surface area contributed by atoms with E-state index in [4.69, 9.17) is 16.3 Å². The molecule has 0 unspecified atom stereocenters. The highest BCUT2D eigenvalue weighted by atomic mass is 35.5. The quantitative estimate of drug-likeness (QED) is 0.600. The van der Waals surface area contributed by atoms with Gasteiger partial charge in [-0.15, -0.1) is 11.3 Å². The molecule has 1 heterocycles. The lowest BCUT2D eigenvalue weighted by Gasteiger charge is -2.08. The summed E-state index contributed by atoms with van der Waals surface area (Å²) in [5.41, 5.74) is 1.81. The van der Waals surface area contributed by atoms with Crippen LogP contribution in [0.3, 0.4) is 0 Å². The van der Waals surface area contributed by atoms with Gasteiger partial charge in [-0.25, -0.2) is 0 Å². The Kier molecular flexibility index (Phi) is 4.75. The first-order valence-electron chi connectivity index (χ1n) is 8.36. The fourth-order valence-electron chi connectivity index (χ4n) is 2.71. The summed E-state index contributed by atoms with van der Waals surface area (Å²) in [6.07, 6.45) is 2.57. The lowest BCUT2D eigenvalue weighted by atomic mass is 10.2. The molecule has 0 spiro atoms. The highest BCUT2D eigenvalue weighted by Gasteiger charge is 2.21. The van der Waals surface area contributed by atoms with E-state index in [2.05, 4.69) is 5.32 Å². The summed E-state index contributed by atoms with van der Waals surface area (Å²) in [4.78, 5) is 13.2. The number of hydrogen-bond donors (Lipinski definition) is 1. The highest BCUT2D eigenvalue weighted by molar-refractivity contribution is 7.21. The second kappa shape index (κ2) is 7.16. The molecule has 1 aliphatic carbocycles. The SMILES string of the molecule is O=C(Nc1cccc(COCC2CC2)c1)c1sc2ccccc2c1Cl. The summed E-state index contributed by atoms with van der Waals surface area (Å²) in [6, 6.07) is 15.5. The molecule has 0 radical (unpaired) electrons. The Morgan fingerprint density at radius 2 is 2.04 bits per heavy atom. The average Bonchev–Trinajstić information content (AvgIpc) is 3.38. The van der Waals surface area contributed by atoms with Gasteiger partial charge in [0.1, 0.15) is 4.88 Å². The lowest BCUT2D eigenvalue weighted by Crippen LogP contribution is -2.11. The van der Waals surface area contributed by atoms with Crippen molar-refractivity contribution in [3.63, 3.8) is 0 Å². The number of benzene rings is 2. The Morgan fingerprint density at radius 1 is 1.20 bits per heavy atom. The minimum absolute atomic E-state index is 0.178. The van der Waals surface area contributed by atoms with Gasteiger partial charge in [-0.05, 0) is 42.5 Å². The van der Waals surface area contributed by atoms with Crippen LogP contribution >= 0.6 is 22.9 Å². The van der Waals surface area contributed by atoms with Gasteiger partial charge in [0, 0.05) is 22.4 Å². The molecule has 4 rings (SSSR count). The number of carbonyl (C=O) groups excluding carboxylic acids is 1. The number of nitrogens with one attached hydrogen (secondary N) is 1. The van der Waals surface area contributed by atoms with E-state index in [1.54, 1.807) is 0 Å². The maximum absolute atomic E-state index is 12.6. The van der Waals surface area contributed by atoms with Crippen molar-refractivity contribution in [1.29, 1.82) is 0 Å². The van der Waals surface area contributed by atoms with Gasteiger partial charge in [-0.2, -0.15) is 0 Å². The number of thiophene rings is 1. The molecule has 5 heteroatoms. The van der Waals surface area contributed by atoms with Crippen LogP contribution in [0.5, 0.6) is 0 Å². The van der Waals surface area contributed by atoms with Crippen molar-refractivity contribution < 1.29 is 9.53 Å². The predicted molar refractivity (Wildman–Crippen MR) is 104 cm³/mol. The van der Waals surface area contributed by atoms with Crippen LogP contribution in [0.4, 0.5) is 5.69 Å². The summed E-state index contributed by atoms with van der Waals surface area (Å²) in [6.45, 7) is 1.40. The van der Waals surface area contributed by atoms with Gasteiger partial charge in [-0.3, -0.25) is 4.79 Å². The molecular weight excluding hydrogens is 354 g/mol. The topological polar surface area (TPSA) is 38.3 Å². The number of carbonyl (C=O) groups is 1. The molecule has 1 aliphatic rings. The molecular formula is C20H18ClNO2S. The number of ether oxygens (including phenoxy) is 1. The van der Waals surface area contributed by atoms with Crippen molar-refractivity contribution in [3.05, 3.63) is 64.0 Å². The zero-order valence-corrected chi connectivity index (χ0v) is 15.2. The smallest absolute Gasteiger partial charge is 0.267 e. The molecule has 1 amide bonds. The zero-order valence-electron chi connectivity index (χ0n) is 13.6. The second-order valence-electron chi connectivity index (χ2n) is 6.35. The van der Waals surface area contributed by atoms with E-state index in [9.17, 15) is 4.79 Å². The van der Waals surface area contributed by atoms with E-state index in [-0.39, 0.29) is 5.91 Å². The van der Waals surface area contributed by atoms with E-state index < -0.39 is 0 Å². The van der Waals surface area contributed by atoms with Gasteiger partial charge >= 0.3 is 0 Å². The average molecular weight is 372 g/mol. The third kappa shape index (κ3) is 3.87. The molecule has 0 bridgehead atoms. The van der Waals surface area contributed by atoms with Gasteiger partial charge < -0.3 is 10.1 Å². The summed E-state index contributed by atoms with van der Waals surface area (Å²) < 4.78 is 6.73. The van der Waals surface area contributed by atoms with Crippen LogP contribution in [-0.4, -0.2) is 12.5 Å². The minimum atomic E-state index is -0.178. The van der Waals surface area contributed by atoms with Crippen LogP contribution in [-0.2, 0) is 11.3 Å². The fourth-order valence-corrected chi connectivity index (χ4v) is 4.13. The van der Waals surface area contributed by atoms with Gasteiger partial charge in [0.2, 0.25) is 0 Å². The molecule has 1 fully saturated rings. The fraction of sp³-hybridized carbons (Fsp3) is 0.250. The molecule has 1 saturated carbocycles. The Hall–Kier alpha value is -1.88. The Morgan fingerprint density at radius 3 is 2.84 bits per heavy atom. The molecule has 25 heavy (non-hydrogen) atoms.